The van der Waals surface area contributed by atoms with Crippen molar-refractivity contribution in [3.05, 3.63) is 204 Å². The Morgan fingerprint density at radius 1 is 0.347 bits per heavy atom. The molecule has 3 aromatic heterocycles. The van der Waals surface area contributed by atoms with Crippen LogP contribution in [0.4, 0.5) is 0 Å². The highest BCUT2D eigenvalue weighted by molar-refractivity contribution is 7.19. The van der Waals surface area contributed by atoms with Crippen molar-refractivity contribution in [2.24, 2.45) is 0 Å². The van der Waals surface area contributed by atoms with E-state index in [1.165, 1.54) is 154 Å². The van der Waals surface area contributed by atoms with Crippen molar-refractivity contribution >= 4 is 33.7 Å². The zero-order valence-electron chi connectivity index (χ0n) is 44.4. The van der Waals surface area contributed by atoms with Gasteiger partial charge in [-0.1, -0.05) is 248 Å². The fraction of sp³-hybridized carbons (Fsp3) is 0.268. The third-order valence-corrected chi connectivity index (χ3v) is 18.1. The van der Waals surface area contributed by atoms with Gasteiger partial charge in [-0.3, -0.25) is 0 Å². The molecule has 0 saturated heterocycles. The Hall–Kier alpha value is -6.72. The predicted octanol–water partition coefficient (Wildman–Crippen LogP) is 21.8. The molecule has 0 spiro atoms. The van der Waals surface area contributed by atoms with E-state index in [2.05, 4.69) is 210 Å². The van der Waals surface area contributed by atoms with Crippen LogP contribution in [-0.4, -0.2) is 9.97 Å². The molecular formula is C71H70N2S2. The summed E-state index contributed by atoms with van der Waals surface area (Å²) in [7, 11) is 0. The molecule has 1 aliphatic carbocycles. The molecule has 11 rings (SSSR count). The van der Waals surface area contributed by atoms with Crippen LogP contribution in [0.3, 0.4) is 0 Å². The van der Waals surface area contributed by atoms with E-state index in [1.54, 1.807) is 11.1 Å². The second-order valence-corrected chi connectivity index (χ2v) is 23.5. The van der Waals surface area contributed by atoms with Gasteiger partial charge in [0.25, 0.3) is 0 Å². The lowest BCUT2D eigenvalue weighted by molar-refractivity contribution is 0.398. The molecule has 0 aliphatic heterocycles. The van der Waals surface area contributed by atoms with Crippen molar-refractivity contribution in [1.82, 2.24) is 9.97 Å². The average Bonchev–Trinajstić information content (AvgIpc) is 4.25. The molecule has 10 aromatic rings. The number of hydrogen-bond acceptors (Lipinski definition) is 4. The van der Waals surface area contributed by atoms with E-state index in [-0.39, 0.29) is 5.41 Å². The highest BCUT2D eigenvalue weighted by Crippen LogP contribution is 2.56. The largest absolute Gasteiger partial charge is 0.243 e. The second-order valence-electron chi connectivity index (χ2n) is 21.2. The van der Waals surface area contributed by atoms with Crippen molar-refractivity contribution in [3.8, 4) is 87.2 Å². The van der Waals surface area contributed by atoms with Crippen LogP contribution in [0, 0.1) is 13.8 Å². The van der Waals surface area contributed by atoms with E-state index in [1.807, 2.05) is 22.7 Å². The second kappa shape index (κ2) is 23.0. The number of benzene rings is 7. The molecule has 376 valence electrons. The van der Waals surface area contributed by atoms with Crippen LogP contribution < -0.4 is 0 Å². The third kappa shape index (κ3) is 10.6. The van der Waals surface area contributed by atoms with Gasteiger partial charge in [0.2, 0.25) is 0 Å². The topological polar surface area (TPSA) is 25.8 Å². The summed E-state index contributed by atoms with van der Waals surface area (Å²) in [5, 5.41) is 0. The minimum Gasteiger partial charge on any atom is -0.243 e. The van der Waals surface area contributed by atoms with Crippen molar-refractivity contribution in [2.75, 3.05) is 0 Å². The summed E-state index contributed by atoms with van der Waals surface area (Å²) < 4.78 is 0. The Morgan fingerprint density at radius 3 is 1.28 bits per heavy atom. The summed E-state index contributed by atoms with van der Waals surface area (Å²) in [6.07, 6.45) is 18.2. The van der Waals surface area contributed by atoms with Crippen LogP contribution >= 0.6 is 22.7 Å². The predicted molar refractivity (Wildman–Crippen MR) is 325 cm³/mol. The third-order valence-electron chi connectivity index (χ3n) is 15.9. The molecule has 0 radical (unpaired) electrons. The van der Waals surface area contributed by atoms with Crippen molar-refractivity contribution in [1.29, 1.82) is 0 Å². The molecule has 7 aromatic carbocycles. The van der Waals surface area contributed by atoms with E-state index in [0.29, 0.717) is 0 Å². The SMILES string of the molecule is CCCCCCCCC1(CCCCCCCC)c2cc(C)ccc2-c2ccc(-c3ccc(-c4ccc(-c5ccc(C)s5)c5nc(-c6ccc(-c7ccccc7)cc6)c(-c6ccc(-c7ccccc7)cc6)nc45)s3)cc21. The van der Waals surface area contributed by atoms with Gasteiger partial charge in [0.1, 0.15) is 0 Å². The molecule has 75 heavy (non-hydrogen) atoms. The molecular weight excluding hydrogens is 945 g/mol. The lowest BCUT2D eigenvalue weighted by Crippen LogP contribution is -2.25. The summed E-state index contributed by atoms with van der Waals surface area (Å²) >= 11 is 3.70. The molecule has 2 nitrogen and oxygen atoms in total. The van der Waals surface area contributed by atoms with E-state index in [9.17, 15) is 0 Å². The molecule has 0 unspecified atom stereocenters. The lowest BCUT2D eigenvalue weighted by atomic mass is 9.70. The Balaban J connectivity index is 1.02. The first kappa shape index (κ1) is 50.4. The fourth-order valence-electron chi connectivity index (χ4n) is 11.9. The molecule has 0 amide bonds. The Bertz CT molecular complexity index is 3510. The van der Waals surface area contributed by atoms with Gasteiger partial charge in [0, 0.05) is 47.2 Å². The summed E-state index contributed by atoms with van der Waals surface area (Å²) in [6.45, 7) is 9.12. The van der Waals surface area contributed by atoms with Gasteiger partial charge in [0.05, 0.1) is 22.4 Å². The van der Waals surface area contributed by atoms with E-state index in [4.69, 9.17) is 9.97 Å². The normalized spacial score (nSPS) is 12.6. The van der Waals surface area contributed by atoms with Crippen LogP contribution in [0.15, 0.2) is 182 Å². The zero-order chi connectivity index (χ0) is 51.1. The molecule has 0 atom stereocenters. The standard InChI is InChI=1S/C71H70N2S2/c1-5-7-9-11-13-21-45-71(46-22-14-12-10-8-6-2)62-47-49(3)27-38-58(62)59-39-37-57(48-63(59)71)64-43-44-66(75-64)61-41-40-60(65-42-28-50(4)74-65)69-70(61)73-68(56-35-31-54(32-36-56)52-25-19-16-20-26-52)67(72-69)55-33-29-53(30-34-55)51-23-17-15-18-24-51/h15-20,23-44,47-48H,5-14,21-22,45-46H2,1-4H3. The first-order valence-corrected chi connectivity index (χ1v) is 29.6. The van der Waals surface area contributed by atoms with Crippen LogP contribution in [0.25, 0.3) is 98.3 Å². The number of thiophene rings is 2. The highest BCUT2D eigenvalue weighted by atomic mass is 32.1. The Labute approximate surface area is 454 Å². The number of unbranched alkanes of at least 4 members (excludes halogenated alkanes) is 10. The molecule has 4 heteroatoms. The smallest absolute Gasteiger partial charge is 0.0988 e. The van der Waals surface area contributed by atoms with Gasteiger partial charge < -0.3 is 0 Å². The molecule has 1 aliphatic rings. The first-order chi connectivity index (χ1) is 36.9. The van der Waals surface area contributed by atoms with E-state index < -0.39 is 0 Å². The highest BCUT2D eigenvalue weighted by Gasteiger charge is 2.42. The van der Waals surface area contributed by atoms with Crippen molar-refractivity contribution < 1.29 is 0 Å². The van der Waals surface area contributed by atoms with Crippen LogP contribution in [0.1, 0.15) is 125 Å². The fourth-order valence-corrected chi connectivity index (χ4v) is 13.8. The van der Waals surface area contributed by atoms with Gasteiger partial charge >= 0.3 is 0 Å². The number of aryl methyl sites for hydroxylation is 2. The van der Waals surface area contributed by atoms with Crippen molar-refractivity contribution in [3.63, 3.8) is 0 Å². The molecule has 0 saturated carbocycles. The van der Waals surface area contributed by atoms with Gasteiger partial charge in [-0.2, -0.15) is 0 Å². The van der Waals surface area contributed by atoms with E-state index >= 15 is 0 Å². The number of rotatable bonds is 21. The monoisotopic (exact) mass is 1010 g/mol. The van der Waals surface area contributed by atoms with Crippen LogP contribution in [-0.2, 0) is 5.41 Å². The molecule has 3 heterocycles. The van der Waals surface area contributed by atoms with Crippen molar-refractivity contribution in [2.45, 2.75) is 123 Å². The number of nitrogens with zero attached hydrogens (tertiary/aromatic N) is 2. The summed E-state index contributed by atoms with van der Waals surface area (Å²) in [5.74, 6) is 0. The zero-order valence-corrected chi connectivity index (χ0v) is 46.1. The minimum atomic E-state index is 0.0271. The summed E-state index contributed by atoms with van der Waals surface area (Å²) in [5.41, 5.74) is 21.4. The maximum atomic E-state index is 5.80. The van der Waals surface area contributed by atoms with E-state index in [0.717, 1.165) is 44.7 Å². The quantitative estimate of drug-likeness (QED) is 0.0671. The first-order valence-electron chi connectivity index (χ1n) is 28.0. The summed E-state index contributed by atoms with van der Waals surface area (Å²) in [4.78, 5) is 16.5. The maximum absolute atomic E-state index is 5.80. The van der Waals surface area contributed by atoms with Gasteiger partial charge in [-0.15, -0.1) is 22.7 Å². The Morgan fingerprint density at radius 2 is 0.760 bits per heavy atom. The number of hydrogen-bond donors (Lipinski definition) is 0. The molecule has 0 N–H and O–H groups in total. The number of aromatic nitrogens is 2. The molecule has 0 fully saturated rings. The van der Waals surface area contributed by atoms with Gasteiger partial charge in [-0.05, 0) is 107 Å². The Kier molecular flexibility index (Phi) is 15.5. The minimum absolute atomic E-state index is 0.0271. The maximum Gasteiger partial charge on any atom is 0.0988 e. The van der Waals surface area contributed by atoms with Gasteiger partial charge in [0.15, 0.2) is 0 Å². The lowest BCUT2D eigenvalue weighted by Gasteiger charge is -2.33. The average molecular weight is 1020 g/mol. The molecule has 0 bridgehead atoms. The van der Waals surface area contributed by atoms with Crippen LogP contribution in [0.2, 0.25) is 0 Å². The van der Waals surface area contributed by atoms with Crippen LogP contribution in [0.5, 0.6) is 0 Å². The van der Waals surface area contributed by atoms with Gasteiger partial charge in [-0.25, -0.2) is 9.97 Å². The summed E-state index contributed by atoms with van der Waals surface area (Å²) in [6, 6.07) is 67.6. The number of fused-ring (bicyclic) bond motifs is 4.